The lowest BCUT2D eigenvalue weighted by molar-refractivity contribution is -0.147. The van der Waals surface area contributed by atoms with Crippen LogP contribution in [0.3, 0.4) is 0 Å². The van der Waals surface area contributed by atoms with Gasteiger partial charge in [-0.15, -0.1) is 0 Å². The quantitative estimate of drug-likeness (QED) is 0.311. The summed E-state index contributed by atoms with van der Waals surface area (Å²) in [7, 11) is 1.24. The predicted octanol–water partition coefficient (Wildman–Crippen LogP) is 0.602. The molecule has 0 heterocycles. The van der Waals surface area contributed by atoms with Crippen LogP contribution in [0.5, 0.6) is 0 Å². The van der Waals surface area contributed by atoms with Gasteiger partial charge >= 0.3 is 11.9 Å². The van der Waals surface area contributed by atoms with E-state index in [4.69, 9.17) is 9.47 Å². The monoisotopic (exact) mass is 266 g/mol. The van der Waals surface area contributed by atoms with Crippen molar-refractivity contribution < 1.29 is 28.6 Å². The van der Waals surface area contributed by atoms with Crippen LogP contribution in [0.4, 0.5) is 0 Å². The van der Waals surface area contributed by atoms with Crippen LogP contribution in [0.1, 0.15) is 10.4 Å². The van der Waals surface area contributed by atoms with Gasteiger partial charge in [0, 0.05) is 5.56 Å². The number of Topliss-reactive ketones (excluding diaryl/α,β-unsaturated/α-hetero) is 1. The third kappa shape index (κ3) is 5.31. The first-order valence-electron chi connectivity index (χ1n) is 5.56. The summed E-state index contributed by atoms with van der Waals surface area (Å²) in [6.45, 7) is -0.308. The number of methoxy groups -OCH3 is 1. The second-order valence-corrected chi connectivity index (χ2v) is 3.46. The molecule has 1 aromatic carbocycles. The second kappa shape index (κ2) is 7.99. The van der Waals surface area contributed by atoms with Crippen LogP contribution >= 0.6 is 0 Å². The minimum atomic E-state index is -0.951. The number of carbonyl (C=O) groups is 3. The SMILES string of the molecule is COC(=O)COCCOC(=O)C(=O)c1ccccc1. The van der Waals surface area contributed by atoms with Gasteiger partial charge in [0.05, 0.1) is 13.7 Å². The lowest BCUT2D eigenvalue weighted by Crippen LogP contribution is -2.21. The van der Waals surface area contributed by atoms with Gasteiger partial charge in [-0.1, -0.05) is 30.3 Å². The molecular weight excluding hydrogens is 252 g/mol. The van der Waals surface area contributed by atoms with Gasteiger partial charge in [0.25, 0.3) is 5.78 Å². The Kier molecular flexibility index (Phi) is 6.25. The van der Waals surface area contributed by atoms with Crippen LogP contribution in [-0.2, 0) is 23.8 Å². The van der Waals surface area contributed by atoms with E-state index in [2.05, 4.69) is 4.74 Å². The standard InChI is InChI=1S/C13H14O6/c1-17-11(14)9-18-7-8-19-13(16)12(15)10-5-3-2-4-6-10/h2-6H,7-9H2,1H3. The van der Waals surface area contributed by atoms with Crippen LogP contribution < -0.4 is 0 Å². The lowest BCUT2D eigenvalue weighted by atomic mass is 10.1. The highest BCUT2D eigenvalue weighted by atomic mass is 16.6. The first-order valence-corrected chi connectivity index (χ1v) is 5.56. The lowest BCUT2D eigenvalue weighted by Gasteiger charge is -2.04. The summed E-state index contributed by atoms with van der Waals surface area (Å²) in [6, 6.07) is 8.09. The Hall–Kier alpha value is -2.21. The predicted molar refractivity (Wildman–Crippen MR) is 64.6 cm³/mol. The molecule has 0 unspecified atom stereocenters. The third-order valence-corrected chi connectivity index (χ3v) is 2.13. The Labute approximate surface area is 110 Å². The van der Waals surface area contributed by atoms with E-state index in [9.17, 15) is 14.4 Å². The number of benzene rings is 1. The Morgan fingerprint density at radius 1 is 1.05 bits per heavy atom. The Balaban J connectivity index is 2.25. The Bertz CT molecular complexity index is 440. The summed E-state index contributed by atoms with van der Waals surface area (Å²) < 4.78 is 13.9. The van der Waals surface area contributed by atoms with E-state index in [1.54, 1.807) is 18.2 Å². The fourth-order valence-electron chi connectivity index (χ4n) is 1.18. The zero-order valence-electron chi connectivity index (χ0n) is 10.5. The maximum Gasteiger partial charge on any atom is 0.379 e. The number of esters is 2. The topological polar surface area (TPSA) is 78.9 Å². The van der Waals surface area contributed by atoms with E-state index >= 15 is 0 Å². The van der Waals surface area contributed by atoms with Crippen molar-refractivity contribution in [3.05, 3.63) is 35.9 Å². The van der Waals surface area contributed by atoms with Crippen LogP contribution in [0.15, 0.2) is 30.3 Å². The van der Waals surface area contributed by atoms with E-state index in [1.807, 2.05) is 0 Å². The molecule has 6 nitrogen and oxygen atoms in total. The van der Waals surface area contributed by atoms with Crippen LogP contribution in [0.2, 0.25) is 0 Å². The molecule has 0 radical (unpaired) electrons. The van der Waals surface area contributed by atoms with Gasteiger partial charge in [-0.2, -0.15) is 0 Å². The molecule has 0 saturated carbocycles. The molecule has 6 heteroatoms. The number of hydrogen-bond acceptors (Lipinski definition) is 6. The van der Waals surface area contributed by atoms with Crippen LogP contribution in [0.25, 0.3) is 0 Å². The molecule has 19 heavy (non-hydrogen) atoms. The van der Waals surface area contributed by atoms with Gasteiger partial charge < -0.3 is 14.2 Å². The molecule has 0 aliphatic heterocycles. The van der Waals surface area contributed by atoms with Gasteiger partial charge in [-0.25, -0.2) is 9.59 Å². The summed E-state index contributed by atoms with van der Waals surface area (Å²) in [5.41, 5.74) is 0.267. The molecule has 0 bridgehead atoms. The number of ketones is 1. The summed E-state index contributed by atoms with van der Waals surface area (Å²) in [5, 5.41) is 0. The van der Waals surface area contributed by atoms with Crippen LogP contribution in [-0.4, -0.2) is 44.7 Å². The fourth-order valence-corrected chi connectivity index (χ4v) is 1.18. The summed E-state index contributed by atoms with van der Waals surface area (Å²) in [5.74, 6) is -2.19. The van der Waals surface area contributed by atoms with Crippen molar-refractivity contribution in [3.8, 4) is 0 Å². The van der Waals surface area contributed by atoms with Crippen LogP contribution in [0, 0.1) is 0 Å². The minimum Gasteiger partial charge on any atom is -0.467 e. The van der Waals surface area contributed by atoms with Crippen molar-refractivity contribution in [2.75, 3.05) is 26.9 Å². The zero-order chi connectivity index (χ0) is 14.1. The number of rotatable bonds is 7. The maximum atomic E-state index is 11.6. The molecule has 0 aromatic heterocycles. The molecule has 1 rings (SSSR count). The summed E-state index contributed by atoms with van der Waals surface area (Å²) >= 11 is 0. The molecule has 0 amide bonds. The summed E-state index contributed by atoms with van der Waals surface area (Å²) in [4.78, 5) is 33.6. The second-order valence-electron chi connectivity index (χ2n) is 3.46. The Morgan fingerprint density at radius 3 is 2.37 bits per heavy atom. The molecule has 102 valence electrons. The average Bonchev–Trinajstić information content (AvgIpc) is 2.46. The molecule has 0 spiro atoms. The average molecular weight is 266 g/mol. The van der Waals surface area contributed by atoms with Gasteiger partial charge in [0.15, 0.2) is 0 Å². The normalized spacial score (nSPS) is 9.74. The Morgan fingerprint density at radius 2 is 1.74 bits per heavy atom. The van der Waals surface area contributed by atoms with Crippen molar-refractivity contribution in [1.29, 1.82) is 0 Å². The molecule has 1 aromatic rings. The molecule has 0 saturated heterocycles. The zero-order valence-corrected chi connectivity index (χ0v) is 10.5. The van der Waals surface area contributed by atoms with Crippen molar-refractivity contribution in [2.45, 2.75) is 0 Å². The van der Waals surface area contributed by atoms with E-state index < -0.39 is 17.7 Å². The highest BCUT2D eigenvalue weighted by molar-refractivity contribution is 6.40. The molecule has 0 N–H and O–H groups in total. The molecule has 0 fully saturated rings. The van der Waals surface area contributed by atoms with E-state index in [-0.39, 0.29) is 25.4 Å². The number of hydrogen-bond donors (Lipinski definition) is 0. The van der Waals surface area contributed by atoms with Crippen molar-refractivity contribution in [1.82, 2.24) is 0 Å². The minimum absolute atomic E-state index is 0.0168. The van der Waals surface area contributed by atoms with E-state index in [0.717, 1.165) is 0 Å². The fraction of sp³-hybridized carbons (Fsp3) is 0.308. The molecule has 0 aliphatic carbocycles. The summed E-state index contributed by atoms with van der Waals surface area (Å²) in [6.07, 6.45) is 0. The third-order valence-electron chi connectivity index (χ3n) is 2.13. The molecular formula is C13H14O6. The first-order chi connectivity index (χ1) is 9.15. The maximum absolute atomic E-state index is 11.6. The van der Waals surface area contributed by atoms with Gasteiger partial charge in [-0.05, 0) is 0 Å². The van der Waals surface area contributed by atoms with Gasteiger partial charge in [0.2, 0.25) is 0 Å². The largest absolute Gasteiger partial charge is 0.467 e. The van der Waals surface area contributed by atoms with Crippen molar-refractivity contribution in [2.24, 2.45) is 0 Å². The van der Waals surface area contributed by atoms with Crippen molar-refractivity contribution in [3.63, 3.8) is 0 Å². The molecule has 0 atom stereocenters. The molecule has 0 aliphatic rings. The smallest absolute Gasteiger partial charge is 0.379 e. The van der Waals surface area contributed by atoms with Gasteiger partial charge in [-0.3, -0.25) is 4.79 Å². The van der Waals surface area contributed by atoms with E-state index in [0.29, 0.717) is 0 Å². The van der Waals surface area contributed by atoms with E-state index in [1.165, 1.54) is 19.2 Å². The first kappa shape index (κ1) is 14.8. The highest BCUT2D eigenvalue weighted by Gasteiger charge is 2.17. The number of carbonyl (C=O) groups excluding carboxylic acids is 3. The highest BCUT2D eigenvalue weighted by Crippen LogP contribution is 2.01. The number of ether oxygens (including phenoxy) is 3. The van der Waals surface area contributed by atoms with Crippen molar-refractivity contribution >= 4 is 17.7 Å². The van der Waals surface area contributed by atoms with Gasteiger partial charge in [0.1, 0.15) is 13.2 Å².